The number of hydrogen-bond acceptors (Lipinski definition) is 4. The second-order valence-corrected chi connectivity index (χ2v) is 4.83. The van der Waals surface area contributed by atoms with E-state index in [-0.39, 0.29) is 6.42 Å². The molecule has 0 spiro atoms. The molecule has 100 valence electrons. The standard InChI is InChI=1S/C13H19FN2O2/c1-7-6-16(10(4)15-8(7)2)13-11(14)5-12(18-13)9(3)17/h6,9,11-13,15,17H,2,4-5H2,1,3H3. The second kappa shape index (κ2) is 4.74. The van der Waals surface area contributed by atoms with Gasteiger partial charge in [0.05, 0.1) is 12.2 Å². The number of alkyl halides is 1. The molecular weight excluding hydrogens is 235 g/mol. The van der Waals surface area contributed by atoms with Crippen molar-refractivity contribution >= 4 is 0 Å². The van der Waals surface area contributed by atoms with E-state index < -0.39 is 24.6 Å². The number of ether oxygens (including phenoxy) is 1. The van der Waals surface area contributed by atoms with Gasteiger partial charge in [-0.2, -0.15) is 0 Å². The fourth-order valence-electron chi connectivity index (χ4n) is 2.14. The van der Waals surface area contributed by atoms with Crippen molar-refractivity contribution in [2.45, 2.75) is 44.9 Å². The second-order valence-electron chi connectivity index (χ2n) is 4.83. The zero-order valence-corrected chi connectivity index (χ0v) is 10.7. The maximum absolute atomic E-state index is 14.0. The van der Waals surface area contributed by atoms with Crippen LogP contribution >= 0.6 is 0 Å². The summed E-state index contributed by atoms with van der Waals surface area (Å²) < 4.78 is 19.5. The molecule has 2 heterocycles. The van der Waals surface area contributed by atoms with Crippen molar-refractivity contribution in [3.05, 3.63) is 36.4 Å². The average molecular weight is 254 g/mol. The van der Waals surface area contributed by atoms with E-state index in [1.54, 1.807) is 18.0 Å². The zero-order chi connectivity index (χ0) is 13.4. The predicted molar refractivity (Wildman–Crippen MR) is 66.9 cm³/mol. The van der Waals surface area contributed by atoms with E-state index >= 15 is 0 Å². The van der Waals surface area contributed by atoms with Crippen LogP contribution in [0.2, 0.25) is 0 Å². The van der Waals surface area contributed by atoms with Crippen LogP contribution in [0.3, 0.4) is 0 Å². The minimum absolute atomic E-state index is 0.194. The number of hydrogen-bond donors (Lipinski definition) is 2. The Morgan fingerprint density at radius 1 is 1.61 bits per heavy atom. The number of nitrogens with one attached hydrogen (secondary N) is 1. The fraction of sp³-hybridized carbons (Fsp3) is 0.538. The summed E-state index contributed by atoms with van der Waals surface area (Å²) >= 11 is 0. The molecule has 4 nitrogen and oxygen atoms in total. The van der Waals surface area contributed by atoms with E-state index in [4.69, 9.17) is 4.74 Å². The first-order chi connectivity index (χ1) is 8.40. The molecule has 2 rings (SSSR count). The minimum Gasteiger partial charge on any atom is -0.391 e. The van der Waals surface area contributed by atoms with Crippen LogP contribution in [-0.4, -0.2) is 34.6 Å². The lowest BCUT2D eigenvalue weighted by atomic mass is 10.1. The summed E-state index contributed by atoms with van der Waals surface area (Å²) in [7, 11) is 0. The Balaban J connectivity index is 2.17. The smallest absolute Gasteiger partial charge is 0.167 e. The van der Waals surface area contributed by atoms with Crippen molar-refractivity contribution < 1.29 is 14.2 Å². The van der Waals surface area contributed by atoms with Crippen molar-refractivity contribution in [3.8, 4) is 0 Å². The van der Waals surface area contributed by atoms with Gasteiger partial charge in [-0.1, -0.05) is 13.2 Å². The largest absolute Gasteiger partial charge is 0.391 e. The number of aliphatic hydroxyl groups excluding tert-OH is 1. The third-order valence-electron chi connectivity index (χ3n) is 3.31. The van der Waals surface area contributed by atoms with Gasteiger partial charge in [0.1, 0.15) is 12.0 Å². The molecule has 4 atom stereocenters. The molecule has 0 aromatic carbocycles. The first-order valence-electron chi connectivity index (χ1n) is 5.99. The molecule has 0 saturated carbocycles. The number of nitrogens with zero attached hydrogens (tertiary/aromatic N) is 1. The quantitative estimate of drug-likeness (QED) is 0.786. The van der Waals surface area contributed by atoms with E-state index in [1.807, 2.05) is 6.92 Å². The van der Waals surface area contributed by atoms with Crippen LogP contribution < -0.4 is 5.32 Å². The van der Waals surface area contributed by atoms with Crippen molar-refractivity contribution in [2.24, 2.45) is 0 Å². The molecule has 2 N–H and O–H groups in total. The molecule has 18 heavy (non-hydrogen) atoms. The van der Waals surface area contributed by atoms with Gasteiger partial charge < -0.3 is 20.1 Å². The van der Waals surface area contributed by atoms with Crippen molar-refractivity contribution in [1.29, 1.82) is 0 Å². The van der Waals surface area contributed by atoms with E-state index in [9.17, 15) is 9.50 Å². The highest BCUT2D eigenvalue weighted by Crippen LogP contribution is 2.31. The van der Waals surface area contributed by atoms with Crippen LogP contribution in [0.5, 0.6) is 0 Å². The summed E-state index contributed by atoms with van der Waals surface area (Å²) in [4.78, 5) is 1.62. The van der Waals surface area contributed by atoms with Crippen LogP contribution in [0.1, 0.15) is 20.3 Å². The summed E-state index contributed by atoms with van der Waals surface area (Å²) in [6, 6.07) is 0. The lowest BCUT2D eigenvalue weighted by Gasteiger charge is -2.35. The van der Waals surface area contributed by atoms with Gasteiger partial charge in [-0.25, -0.2) is 4.39 Å². The zero-order valence-electron chi connectivity index (χ0n) is 10.7. The van der Waals surface area contributed by atoms with Gasteiger partial charge in [-0.05, 0) is 19.4 Å². The highest BCUT2D eigenvalue weighted by Gasteiger charge is 2.41. The first kappa shape index (κ1) is 13.1. The summed E-state index contributed by atoms with van der Waals surface area (Å²) in [6.07, 6.45) is -1.09. The van der Waals surface area contributed by atoms with Crippen LogP contribution in [0, 0.1) is 0 Å². The Kier molecular flexibility index (Phi) is 3.45. The average Bonchev–Trinajstić information content (AvgIpc) is 2.66. The normalized spacial score (nSPS) is 34.3. The van der Waals surface area contributed by atoms with E-state index in [1.165, 1.54) is 0 Å². The molecule has 2 aliphatic heterocycles. The molecule has 0 radical (unpaired) electrons. The van der Waals surface area contributed by atoms with Crippen molar-refractivity contribution in [2.75, 3.05) is 0 Å². The Hall–Kier alpha value is -1.33. The molecule has 0 bridgehead atoms. The van der Waals surface area contributed by atoms with Gasteiger partial charge in [-0.3, -0.25) is 0 Å². The molecule has 1 saturated heterocycles. The van der Waals surface area contributed by atoms with Crippen LogP contribution in [0.15, 0.2) is 36.4 Å². The number of halogens is 1. The highest BCUT2D eigenvalue weighted by atomic mass is 19.1. The molecule has 2 aliphatic rings. The molecule has 1 fully saturated rings. The predicted octanol–water partition coefficient (Wildman–Crippen LogP) is 1.61. The topological polar surface area (TPSA) is 44.7 Å². The fourth-order valence-corrected chi connectivity index (χ4v) is 2.14. The minimum atomic E-state index is -1.15. The first-order valence-corrected chi connectivity index (χ1v) is 5.99. The lowest BCUT2D eigenvalue weighted by molar-refractivity contribution is -0.0776. The number of aliphatic hydroxyl groups is 1. The van der Waals surface area contributed by atoms with Gasteiger partial charge in [0.15, 0.2) is 6.23 Å². The maximum atomic E-state index is 14.0. The third kappa shape index (κ3) is 2.28. The van der Waals surface area contributed by atoms with Crippen LogP contribution in [-0.2, 0) is 4.74 Å². The van der Waals surface area contributed by atoms with E-state index in [0.29, 0.717) is 5.82 Å². The third-order valence-corrected chi connectivity index (χ3v) is 3.31. The summed E-state index contributed by atoms with van der Waals surface area (Å²) in [5.74, 6) is 0.532. The Labute approximate surface area is 106 Å². The van der Waals surface area contributed by atoms with Gasteiger partial charge in [0, 0.05) is 18.3 Å². The van der Waals surface area contributed by atoms with Gasteiger partial charge in [0.25, 0.3) is 0 Å². The summed E-state index contributed by atoms with van der Waals surface area (Å²) in [6.45, 7) is 11.1. The Morgan fingerprint density at radius 2 is 2.28 bits per heavy atom. The maximum Gasteiger partial charge on any atom is 0.167 e. The molecule has 0 aromatic rings. The monoisotopic (exact) mass is 254 g/mol. The highest BCUT2D eigenvalue weighted by molar-refractivity contribution is 5.32. The molecular formula is C13H19FN2O2. The van der Waals surface area contributed by atoms with Crippen LogP contribution in [0.25, 0.3) is 0 Å². The van der Waals surface area contributed by atoms with Crippen molar-refractivity contribution in [1.82, 2.24) is 10.2 Å². The lowest BCUT2D eigenvalue weighted by Crippen LogP contribution is -2.42. The number of rotatable bonds is 2. The van der Waals surface area contributed by atoms with Gasteiger partial charge in [-0.15, -0.1) is 0 Å². The Morgan fingerprint density at radius 3 is 2.83 bits per heavy atom. The van der Waals surface area contributed by atoms with E-state index in [0.717, 1.165) is 11.3 Å². The van der Waals surface area contributed by atoms with Crippen molar-refractivity contribution in [3.63, 3.8) is 0 Å². The Bertz CT molecular complexity index is 406. The van der Waals surface area contributed by atoms with Gasteiger partial charge >= 0.3 is 0 Å². The summed E-state index contributed by atoms with van der Waals surface area (Å²) in [5.41, 5.74) is 1.65. The SMILES string of the molecule is C=C1NC(=C)N(C2OC(C(C)O)CC2F)C=C1C. The molecule has 5 heteroatoms. The van der Waals surface area contributed by atoms with Gasteiger partial charge in [0.2, 0.25) is 0 Å². The molecule has 4 unspecified atom stereocenters. The number of allylic oxidation sites excluding steroid dienone is 1. The van der Waals surface area contributed by atoms with E-state index in [2.05, 4.69) is 18.5 Å². The molecule has 0 aromatic heterocycles. The molecule has 0 amide bonds. The summed E-state index contributed by atoms with van der Waals surface area (Å²) in [5, 5.41) is 12.4. The van der Waals surface area contributed by atoms with Crippen LogP contribution in [0.4, 0.5) is 4.39 Å². The molecule has 0 aliphatic carbocycles.